The van der Waals surface area contributed by atoms with Crippen LogP contribution in [0.3, 0.4) is 0 Å². The van der Waals surface area contributed by atoms with Gasteiger partial charge in [-0.05, 0) is 55.8 Å². The number of piperidine rings is 1. The molecule has 3 heterocycles. The molecule has 176 valence electrons. The van der Waals surface area contributed by atoms with E-state index in [4.69, 9.17) is 0 Å². The van der Waals surface area contributed by atoms with Gasteiger partial charge in [0.2, 0.25) is 5.91 Å². The molecular formula is C23H32F3N5O. The molecule has 0 aromatic heterocycles. The van der Waals surface area contributed by atoms with Crippen LogP contribution in [0.5, 0.6) is 0 Å². The largest absolute Gasteiger partial charge is 0.406 e. The number of nitrogens with one attached hydrogen (secondary N) is 2. The van der Waals surface area contributed by atoms with E-state index in [1.165, 1.54) is 11.3 Å². The Morgan fingerprint density at radius 2 is 1.78 bits per heavy atom. The van der Waals surface area contributed by atoms with Gasteiger partial charge in [0.15, 0.2) is 0 Å². The summed E-state index contributed by atoms with van der Waals surface area (Å²) in [6, 6.07) is 8.10. The van der Waals surface area contributed by atoms with Gasteiger partial charge in [-0.2, -0.15) is 13.2 Å². The third-order valence-electron chi connectivity index (χ3n) is 7.94. The fourth-order valence-electron chi connectivity index (χ4n) is 6.20. The molecule has 3 aliphatic heterocycles. The van der Waals surface area contributed by atoms with E-state index in [0.717, 1.165) is 43.9 Å². The van der Waals surface area contributed by atoms with E-state index >= 15 is 0 Å². The summed E-state index contributed by atoms with van der Waals surface area (Å²) in [4.78, 5) is 18.8. The number of nitrogens with zero attached hydrogens (tertiary/aromatic N) is 3. The van der Waals surface area contributed by atoms with Gasteiger partial charge in [0.1, 0.15) is 6.54 Å². The van der Waals surface area contributed by atoms with Crippen molar-refractivity contribution in [1.82, 2.24) is 20.7 Å². The number of anilines is 1. The highest BCUT2D eigenvalue weighted by Crippen LogP contribution is 2.45. The van der Waals surface area contributed by atoms with Gasteiger partial charge in [0.25, 0.3) is 0 Å². The molecule has 6 nitrogen and oxygen atoms in total. The number of hydrogen-bond donors (Lipinski definition) is 2. The molecule has 4 aliphatic rings. The Morgan fingerprint density at radius 3 is 2.47 bits per heavy atom. The number of piperazine rings is 1. The van der Waals surface area contributed by atoms with Crippen LogP contribution in [-0.4, -0.2) is 80.3 Å². The molecule has 5 atom stereocenters. The number of hydrogen-bond acceptors (Lipinski definition) is 5. The average Bonchev–Trinajstić information content (AvgIpc) is 3.27. The summed E-state index contributed by atoms with van der Waals surface area (Å²) in [6.45, 7) is 3.34. The lowest BCUT2D eigenvalue weighted by atomic mass is 9.67. The van der Waals surface area contributed by atoms with Crippen molar-refractivity contribution in [3.05, 3.63) is 29.8 Å². The Bertz CT molecular complexity index is 824. The molecular weight excluding hydrogens is 419 g/mol. The van der Waals surface area contributed by atoms with Crippen molar-refractivity contribution in [2.24, 2.45) is 11.8 Å². The molecule has 0 bridgehead atoms. The number of rotatable bonds is 3. The summed E-state index contributed by atoms with van der Waals surface area (Å²) in [5.74, 6) is -0.543. The van der Waals surface area contributed by atoms with E-state index in [0.29, 0.717) is 13.0 Å². The van der Waals surface area contributed by atoms with Gasteiger partial charge < -0.3 is 14.7 Å². The minimum absolute atomic E-state index is 0.0518. The predicted molar refractivity (Wildman–Crippen MR) is 116 cm³/mol. The smallest absolute Gasteiger partial charge is 0.369 e. The highest BCUT2D eigenvalue weighted by atomic mass is 19.4. The Kier molecular flexibility index (Phi) is 5.84. The quantitative estimate of drug-likeness (QED) is 0.738. The molecule has 1 amide bonds. The van der Waals surface area contributed by atoms with Crippen molar-refractivity contribution >= 4 is 11.6 Å². The first kappa shape index (κ1) is 22.0. The van der Waals surface area contributed by atoms with Crippen molar-refractivity contribution < 1.29 is 18.0 Å². The SMILES string of the molecule is CN1CCN(c2ccc(C3CCC4C5NNCC5C(=O)N(CC(F)(F)F)C4C3)cc2)CC1. The van der Waals surface area contributed by atoms with E-state index in [2.05, 4.69) is 52.0 Å². The lowest BCUT2D eigenvalue weighted by Gasteiger charge is -2.50. The van der Waals surface area contributed by atoms with Gasteiger partial charge in [0.05, 0.1) is 5.92 Å². The first-order valence-electron chi connectivity index (χ1n) is 11.7. The zero-order valence-corrected chi connectivity index (χ0v) is 18.4. The Balaban J connectivity index is 1.33. The molecule has 0 spiro atoms. The summed E-state index contributed by atoms with van der Waals surface area (Å²) in [6.07, 6.45) is -2.03. The number of likely N-dealkylation sites (N-methyl/N-ethyl adjacent to an activating group) is 1. The lowest BCUT2D eigenvalue weighted by Crippen LogP contribution is -2.63. The molecule has 32 heavy (non-hydrogen) atoms. The molecule has 9 heteroatoms. The minimum Gasteiger partial charge on any atom is -0.369 e. The van der Waals surface area contributed by atoms with Crippen LogP contribution in [0.4, 0.5) is 18.9 Å². The fourth-order valence-corrected chi connectivity index (χ4v) is 6.20. The molecule has 4 fully saturated rings. The Morgan fingerprint density at radius 1 is 1.06 bits per heavy atom. The molecule has 1 aromatic carbocycles. The molecule has 5 rings (SSSR count). The number of benzene rings is 1. The van der Waals surface area contributed by atoms with Crippen molar-refractivity contribution in [3.8, 4) is 0 Å². The number of likely N-dealkylation sites (tertiary alicyclic amines) is 1. The second kappa shape index (κ2) is 8.50. The van der Waals surface area contributed by atoms with Crippen LogP contribution in [-0.2, 0) is 4.79 Å². The molecule has 0 radical (unpaired) electrons. The number of carbonyl (C=O) groups excluding carboxylic acids is 1. The van der Waals surface area contributed by atoms with Crippen molar-refractivity contribution in [3.63, 3.8) is 0 Å². The monoisotopic (exact) mass is 451 g/mol. The third-order valence-corrected chi connectivity index (χ3v) is 7.94. The summed E-state index contributed by atoms with van der Waals surface area (Å²) in [5.41, 5.74) is 8.56. The normalized spacial score (nSPS) is 33.9. The zero-order valence-electron chi connectivity index (χ0n) is 18.4. The number of halogens is 3. The maximum absolute atomic E-state index is 13.3. The maximum Gasteiger partial charge on any atom is 0.406 e. The van der Waals surface area contributed by atoms with Gasteiger partial charge in [-0.3, -0.25) is 15.6 Å². The summed E-state index contributed by atoms with van der Waals surface area (Å²) >= 11 is 0. The first-order chi connectivity index (χ1) is 15.3. The molecule has 1 aromatic rings. The van der Waals surface area contributed by atoms with E-state index < -0.39 is 18.6 Å². The average molecular weight is 452 g/mol. The Hall–Kier alpha value is -1.84. The van der Waals surface area contributed by atoms with E-state index in [1.54, 1.807) is 0 Å². The van der Waals surface area contributed by atoms with Crippen molar-refractivity contribution in [1.29, 1.82) is 0 Å². The summed E-state index contributed by atoms with van der Waals surface area (Å²) in [5, 5.41) is 0. The molecule has 2 N–H and O–H groups in total. The van der Waals surface area contributed by atoms with Crippen LogP contribution in [0.25, 0.3) is 0 Å². The van der Waals surface area contributed by atoms with Crippen LogP contribution in [0, 0.1) is 11.8 Å². The zero-order chi connectivity index (χ0) is 22.5. The van der Waals surface area contributed by atoms with Gasteiger partial charge >= 0.3 is 6.18 Å². The molecule has 5 unspecified atom stereocenters. The van der Waals surface area contributed by atoms with Gasteiger partial charge in [-0.25, -0.2) is 0 Å². The predicted octanol–water partition coefficient (Wildman–Crippen LogP) is 2.19. The summed E-state index contributed by atoms with van der Waals surface area (Å²) < 4.78 is 40.0. The Labute approximate surface area is 187 Å². The van der Waals surface area contributed by atoms with Crippen LogP contribution in [0.2, 0.25) is 0 Å². The third kappa shape index (κ3) is 4.22. The van der Waals surface area contributed by atoms with Gasteiger partial charge in [0, 0.05) is 50.5 Å². The highest BCUT2D eigenvalue weighted by Gasteiger charge is 2.54. The van der Waals surface area contributed by atoms with Crippen molar-refractivity contribution in [2.75, 3.05) is 51.2 Å². The second-order valence-corrected chi connectivity index (χ2v) is 9.86. The van der Waals surface area contributed by atoms with Crippen LogP contribution >= 0.6 is 0 Å². The number of carbonyl (C=O) groups is 1. The van der Waals surface area contributed by atoms with Crippen molar-refractivity contribution in [2.45, 2.75) is 43.4 Å². The fraction of sp³-hybridized carbons (Fsp3) is 0.696. The maximum atomic E-state index is 13.3. The van der Waals surface area contributed by atoms with E-state index in [-0.39, 0.29) is 29.8 Å². The summed E-state index contributed by atoms with van der Waals surface area (Å²) in [7, 11) is 2.13. The number of hydrazine groups is 1. The number of amides is 1. The topological polar surface area (TPSA) is 50.9 Å². The first-order valence-corrected chi connectivity index (χ1v) is 11.7. The number of alkyl halides is 3. The number of fused-ring (bicyclic) bond motifs is 3. The van der Waals surface area contributed by atoms with E-state index in [1.807, 2.05) is 0 Å². The van der Waals surface area contributed by atoms with Crippen LogP contribution < -0.4 is 15.8 Å². The van der Waals surface area contributed by atoms with Crippen LogP contribution in [0.15, 0.2) is 24.3 Å². The molecule has 1 saturated carbocycles. The lowest BCUT2D eigenvalue weighted by molar-refractivity contribution is -0.178. The second-order valence-electron chi connectivity index (χ2n) is 9.86. The van der Waals surface area contributed by atoms with Gasteiger partial charge in [-0.15, -0.1) is 0 Å². The minimum atomic E-state index is -4.39. The highest BCUT2D eigenvalue weighted by molar-refractivity contribution is 5.82. The standard InChI is InChI=1S/C23H32F3N5O/c1-29-8-10-30(11-9-29)17-5-2-15(3-6-17)16-4-7-18-20(12-16)31(14-23(24,25)26)22(32)19-13-27-28-21(18)19/h2-3,5-6,16,18-21,27-28H,4,7-14H2,1H3. The molecule has 3 saturated heterocycles. The van der Waals surface area contributed by atoms with E-state index in [9.17, 15) is 18.0 Å². The van der Waals surface area contributed by atoms with Gasteiger partial charge in [-0.1, -0.05) is 12.1 Å². The molecule has 1 aliphatic carbocycles. The van der Waals surface area contributed by atoms with Crippen LogP contribution in [0.1, 0.15) is 30.7 Å².